The molecule has 210 valence electrons. The second kappa shape index (κ2) is 11.4. The fourth-order valence-electron chi connectivity index (χ4n) is 7.03. The number of esters is 4. The van der Waals surface area contributed by atoms with Gasteiger partial charge in [0.15, 0.2) is 6.10 Å². The van der Waals surface area contributed by atoms with Crippen molar-refractivity contribution in [3.8, 4) is 0 Å². The Kier molecular flexibility index (Phi) is 8.33. The third kappa shape index (κ3) is 5.65. The van der Waals surface area contributed by atoms with Crippen molar-refractivity contribution in [3.05, 3.63) is 59.7 Å². The van der Waals surface area contributed by atoms with E-state index in [1.807, 2.05) is 37.3 Å². The third-order valence-corrected chi connectivity index (χ3v) is 8.97. The SMILES string of the molecule is C=C1CC[C@H]2[C@@](C)(CC[C@@H](OC(C)=O)[C@@]2(C)C(=O)OCc2ccccc2)[C@@H]1C/C=C1/C(=O)OC[C@H]1OC(C)=O. The molecule has 1 aliphatic heterocycles. The fourth-order valence-corrected chi connectivity index (χ4v) is 7.03. The van der Waals surface area contributed by atoms with Gasteiger partial charge in [0, 0.05) is 13.8 Å². The van der Waals surface area contributed by atoms with Crippen molar-refractivity contribution in [1.29, 1.82) is 0 Å². The van der Waals surface area contributed by atoms with Crippen LogP contribution >= 0.6 is 0 Å². The van der Waals surface area contributed by atoms with Gasteiger partial charge in [0.1, 0.15) is 24.7 Å². The van der Waals surface area contributed by atoms with Gasteiger partial charge in [-0.2, -0.15) is 0 Å². The summed E-state index contributed by atoms with van der Waals surface area (Å²) in [5, 5.41) is 0. The molecule has 8 heteroatoms. The zero-order chi connectivity index (χ0) is 28.4. The Balaban J connectivity index is 1.63. The molecular weight excluding hydrogens is 500 g/mol. The summed E-state index contributed by atoms with van der Waals surface area (Å²) in [4.78, 5) is 49.9. The number of fused-ring (bicyclic) bond motifs is 1. The van der Waals surface area contributed by atoms with E-state index in [4.69, 9.17) is 18.9 Å². The Morgan fingerprint density at radius 2 is 1.77 bits per heavy atom. The molecule has 39 heavy (non-hydrogen) atoms. The number of cyclic esters (lactones) is 1. The van der Waals surface area contributed by atoms with E-state index in [1.54, 1.807) is 6.08 Å². The van der Waals surface area contributed by atoms with Crippen molar-refractivity contribution in [2.45, 2.75) is 78.6 Å². The molecule has 1 aromatic rings. The topological polar surface area (TPSA) is 105 Å². The van der Waals surface area contributed by atoms with Crippen molar-refractivity contribution >= 4 is 23.9 Å². The highest BCUT2D eigenvalue weighted by Crippen LogP contribution is 2.62. The molecule has 6 atom stereocenters. The summed E-state index contributed by atoms with van der Waals surface area (Å²) in [5.41, 5.74) is 0.827. The predicted molar refractivity (Wildman–Crippen MR) is 142 cm³/mol. The number of allylic oxidation sites excluding steroid dienone is 2. The van der Waals surface area contributed by atoms with Crippen LogP contribution in [0.3, 0.4) is 0 Å². The maximum Gasteiger partial charge on any atom is 0.337 e. The lowest BCUT2D eigenvalue weighted by Crippen LogP contribution is -2.60. The summed E-state index contributed by atoms with van der Waals surface area (Å²) in [5.74, 6) is -1.98. The van der Waals surface area contributed by atoms with Crippen molar-refractivity contribution in [1.82, 2.24) is 0 Å². The molecule has 0 N–H and O–H groups in total. The molecule has 0 radical (unpaired) electrons. The van der Waals surface area contributed by atoms with Gasteiger partial charge in [0.05, 0.1) is 5.57 Å². The number of benzene rings is 1. The van der Waals surface area contributed by atoms with Gasteiger partial charge in [-0.3, -0.25) is 14.4 Å². The van der Waals surface area contributed by atoms with Crippen LogP contribution in [-0.2, 0) is 44.7 Å². The summed E-state index contributed by atoms with van der Waals surface area (Å²) in [6.45, 7) is 11.2. The summed E-state index contributed by atoms with van der Waals surface area (Å²) in [6.07, 6.45) is 3.56. The van der Waals surface area contributed by atoms with Gasteiger partial charge in [0.2, 0.25) is 0 Å². The summed E-state index contributed by atoms with van der Waals surface area (Å²) < 4.78 is 22.1. The molecule has 0 bridgehead atoms. The zero-order valence-electron chi connectivity index (χ0n) is 23.2. The molecule has 1 aromatic carbocycles. The smallest absolute Gasteiger partial charge is 0.337 e. The number of hydrogen-bond donors (Lipinski definition) is 0. The Labute approximate surface area is 229 Å². The minimum Gasteiger partial charge on any atom is -0.461 e. The Bertz CT molecular complexity index is 1170. The van der Waals surface area contributed by atoms with Crippen LogP contribution in [0.2, 0.25) is 0 Å². The first-order chi connectivity index (χ1) is 18.5. The molecule has 8 nitrogen and oxygen atoms in total. The average Bonchev–Trinajstić information content (AvgIpc) is 3.22. The van der Waals surface area contributed by atoms with Gasteiger partial charge >= 0.3 is 23.9 Å². The van der Waals surface area contributed by atoms with Crippen LogP contribution in [-0.4, -0.2) is 42.7 Å². The monoisotopic (exact) mass is 538 g/mol. The predicted octanol–water partition coefficient (Wildman–Crippen LogP) is 4.86. The normalized spacial score (nSPS) is 33.2. The standard InChI is InChI=1S/C31H38O8/c1-19-11-14-26-30(4,24(19)13-12-23-25(38-20(2)32)18-36-28(23)34)16-15-27(39-21(3)33)31(26,5)29(35)37-17-22-9-7-6-8-10-22/h6-10,12,24-27H,1,11,13-18H2,2-5H3/b23-12+/t24-,25-,26+,27-,30+,31+/m1/s1. The van der Waals surface area contributed by atoms with Crippen molar-refractivity contribution in [2.75, 3.05) is 6.61 Å². The second-order valence-electron chi connectivity index (χ2n) is 11.4. The van der Waals surface area contributed by atoms with Crippen LogP contribution < -0.4 is 0 Å². The van der Waals surface area contributed by atoms with Gasteiger partial charge < -0.3 is 18.9 Å². The fraction of sp³-hybridized carbons (Fsp3) is 0.548. The van der Waals surface area contributed by atoms with E-state index < -0.39 is 35.5 Å². The summed E-state index contributed by atoms with van der Waals surface area (Å²) in [7, 11) is 0. The van der Waals surface area contributed by atoms with Crippen LogP contribution in [0, 0.1) is 22.7 Å². The molecule has 2 aliphatic carbocycles. The highest BCUT2D eigenvalue weighted by Gasteiger charge is 2.63. The largest absolute Gasteiger partial charge is 0.461 e. The van der Waals surface area contributed by atoms with Crippen LogP contribution in [0.15, 0.2) is 54.1 Å². The third-order valence-electron chi connectivity index (χ3n) is 8.97. The molecule has 3 fully saturated rings. The summed E-state index contributed by atoms with van der Waals surface area (Å²) in [6, 6.07) is 9.48. The Morgan fingerprint density at radius 1 is 1.08 bits per heavy atom. The Hall–Kier alpha value is -3.42. The molecule has 2 saturated carbocycles. The van der Waals surface area contributed by atoms with E-state index in [9.17, 15) is 19.2 Å². The van der Waals surface area contributed by atoms with E-state index in [2.05, 4.69) is 13.5 Å². The molecule has 1 saturated heterocycles. The first-order valence-electron chi connectivity index (χ1n) is 13.6. The Morgan fingerprint density at radius 3 is 2.44 bits per heavy atom. The van der Waals surface area contributed by atoms with E-state index in [-0.39, 0.29) is 36.4 Å². The van der Waals surface area contributed by atoms with Crippen molar-refractivity contribution in [3.63, 3.8) is 0 Å². The number of carbonyl (C=O) groups is 4. The number of ether oxygens (including phenoxy) is 4. The number of carbonyl (C=O) groups excluding carboxylic acids is 4. The minimum atomic E-state index is -1.06. The maximum absolute atomic E-state index is 13.9. The van der Waals surface area contributed by atoms with E-state index in [0.717, 1.165) is 11.1 Å². The first-order valence-corrected chi connectivity index (χ1v) is 13.6. The van der Waals surface area contributed by atoms with E-state index >= 15 is 0 Å². The molecule has 4 rings (SSSR count). The molecule has 0 spiro atoms. The molecular formula is C31H38O8. The average molecular weight is 539 g/mol. The van der Waals surface area contributed by atoms with Crippen molar-refractivity contribution in [2.24, 2.45) is 22.7 Å². The molecule has 3 aliphatic rings. The van der Waals surface area contributed by atoms with Gasteiger partial charge in [-0.1, -0.05) is 55.5 Å². The van der Waals surface area contributed by atoms with Crippen LogP contribution in [0.4, 0.5) is 0 Å². The summed E-state index contributed by atoms with van der Waals surface area (Å²) >= 11 is 0. The molecule has 0 amide bonds. The lowest BCUT2D eigenvalue weighted by molar-refractivity contribution is -0.199. The van der Waals surface area contributed by atoms with Gasteiger partial charge in [-0.15, -0.1) is 0 Å². The second-order valence-corrected chi connectivity index (χ2v) is 11.4. The lowest BCUT2D eigenvalue weighted by Gasteiger charge is -2.59. The quantitative estimate of drug-likeness (QED) is 0.210. The van der Waals surface area contributed by atoms with Gasteiger partial charge in [-0.25, -0.2) is 4.79 Å². The van der Waals surface area contributed by atoms with Crippen LogP contribution in [0.1, 0.15) is 65.4 Å². The lowest BCUT2D eigenvalue weighted by atomic mass is 9.46. The maximum atomic E-state index is 13.9. The molecule has 0 aromatic heterocycles. The van der Waals surface area contributed by atoms with Crippen molar-refractivity contribution < 1.29 is 38.1 Å². The first kappa shape index (κ1) is 28.6. The van der Waals surface area contributed by atoms with Crippen LogP contribution in [0.25, 0.3) is 0 Å². The van der Waals surface area contributed by atoms with Crippen LogP contribution in [0.5, 0.6) is 0 Å². The zero-order valence-corrected chi connectivity index (χ0v) is 23.2. The van der Waals surface area contributed by atoms with Gasteiger partial charge in [-0.05, 0) is 61.8 Å². The van der Waals surface area contributed by atoms with E-state index in [1.165, 1.54) is 13.8 Å². The molecule has 1 heterocycles. The highest BCUT2D eigenvalue weighted by atomic mass is 16.6. The van der Waals surface area contributed by atoms with Gasteiger partial charge in [0.25, 0.3) is 0 Å². The number of hydrogen-bond acceptors (Lipinski definition) is 8. The molecule has 0 unspecified atom stereocenters. The number of rotatable bonds is 7. The van der Waals surface area contributed by atoms with E-state index in [0.29, 0.717) is 37.7 Å². The minimum absolute atomic E-state index is 0.00510. The highest BCUT2D eigenvalue weighted by molar-refractivity contribution is 5.92.